The van der Waals surface area contributed by atoms with Gasteiger partial charge in [-0.05, 0) is 46.8 Å². The molecule has 0 aliphatic carbocycles. The highest BCUT2D eigenvalue weighted by Crippen LogP contribution is 2.22. The number of hydrogen-bond acceptors (Lipinski definition) is 5. The normalized spacial score (nSPS) is 10.8. The fraction of sp³-hybridized carbons (Fsp3) is 0.0556. The fourth-order valence-electron chi connectivity index (χ4n) is 2.68. The van der Waals surface area contributed by atoms with Gasteiger partial charge in [0.2, 0.25) is 5.91 Å². The monoisotopic (exact) mass is 348 g/mol. The fourth-order valence-corrected chi connectivity index (χ4v) is 2.68. The minimum Gasteiger partial charge on any atom is -0.324 e. The third kappa shape index (κ3) is 3.00. The Morgan fingerprint density at radius 3 is 2.85 bits per heavy atom. The Balaban J connectivity index is 1.58. The van der Waals surface area contributed by atoms with Gasteiger partial charge in [-0.15, -0.1) is 5.10 Å². The van der Waals surface area contributed by atoms with Crippen molar-refractivity contribution in [3.8, 4) is 11.4 Å². The zero-order chi connectivity index (χ0) is 17.9. The molecule has 0 unspecified atom stereocenters. The number of halogens is 1. The lowest BCUT2D eigenvalue weighted by atomic mass is 10.2. The maximum atomic E-state index is 14.0. The number of pyridine rings is 1. The summed E-state index contributed by atoms with van der Waals surface area (Å²) in [6, 6.07) is 15.3. The van der Waals surface area contributed by atoms with Gasteiger partial charge in [-0.3, -0.25) is 9.78 Å². The van der Waals surface area contributed by atoms with Crippen LogP contribution in [0, 0.1) is 5.82 Å². The summed E-state index contributed by atoms with van der Waals surface area (Å²) < 4.78 is 15.2. The summed E-state index contributed by atoms with van der Waals surface area (Å²) in [4.78, 5) is 16.7. The molecule has 128 valence electrons. The van der Waals surface area contributed by atoms with Crippen LogP contribution in [-0.4, -0.2) is 31.1 Å². The number of rotatable bonds is 4. The largest absolute Gasteiger partial charge is 0.324 e. The van der Waals surface area contributed by atoms with Crippen LogP contribution in [0.25, 0.3) is 22.3 Å². The average Bonchev–Trinajstić information content (AvgIpc) is 3.10. The lowest BCUT2D eigenvalue weighted by Gasteiger charge is -2.09. The van der Waals surface area contributed by atoms with Gasteiger partial charge in [-0.25, -0.2) is 9.07 Å². The molecule has 1 N–H and O–H groups in total. The minimum atomic E-state index is -0.455. The van der Waals surface area contributed by atoms with Crippen molar-refractivity contribution in [1.82, 2.24) is 25.2 Å². The molecule has 0 fully saturated rings. The van der Waals surface area contributed by atoms with Crippen molar-refractivity contribution in [2.45, 2.75) is 6.54 Å². The van der Waals surface area contributed by atoms with E-state index in [1.165, 1.54) is 10.7 Å². The van der Waals surface area contributed by atoms with Gasteiger partial charge >= 0.3 is 0 Å². The lowest BCUT2D eigenvalue weighted by molar-refractivity contribution is -0.116. The number of benzene rings is 2. The van der Waals surface area contributed by atoms with Crippen molar-refractivity contribution in [2.24, 2.45) is 0 Å². The molecule has 4 aromatic rings. The second-order valence-corrected chi connectivity index (χ2v) is 5.56. The van der Waals surface area contributed by atoms with Gasteiger partial charge < -0.3 is 5.32 Å². The van der Waals surface area contributed by atoms with E-state index in [1.54, 1.807) is 36.5 Å². The second kappa shape index (κ2) is 6.67. The van der Waals surface area contributed by atoms with E-state index >= 15 is 0 Å². The highest BCUT2D eigenvalue weighted by molar-refractivity contribution is 6.00. The number of tetrazole rings is 1. The first-order chi connectivity index (χ1) is 12.7. The summed E-state index contributed by atoms with van der Waals surface area (Å²) >= 11 is 0. The first-order valence-corrected chi connectivity index (χ1v) is 7.87. The quantitative estimate of drug-likeness (QED) is 0.613. The van der Waals surface area contributed by atoms with E-state index in [0.717, 1.165) is 10.9 Å². The molecule has 0 bridgehead atoms. The van der Waals surface area contributed by atoms with Gasteiger partial charge in [-0.1, -0.05) is 18.2 Å². The summed E-state index contributed by atoms with van der Waals surface area (Å²) in [5.74, 6) is -0.590. The Labute approximate surface area is 147 Å². The predicted molar refractivity (Wildman–Crippen MR) is 93.6 cm³/mol. The van der Waals surface area contributed by atoms with Crippen molar-refractivity contribution < 1.29 is 9.18 Å². The van der Waals surface area contributed by atoms with Crippen LogP contribution in [0.5, 0.6) is 0 Å². The van der Waals surface area contributed by atoms with Gasteiger partial charge in [0, 0.05) is 11.6 Å². The van der Waals surface area contributed by atoms with Crippen LogP contribution in [0.3, 0.4) is 0 Å². The molecule has 8 heteroatoms. The van der Waals surface area contributed by atoms with Crippen LogP contribution in [0.4, 0.5) is 10.1 Å². The van der Waals surface area contributed by atoms with Gasteiger partial charge in [0.05, 0.1) is 16.8 Å². The summed E-state index contributed by atoms with van der Waals surface area (Å²) in [5.41, 5.74) is 1.65. The SMILES string of the molecule is O=C(Cn1nnnc1-c1ccccc1F)Nc1cccc2ncccc12. The number of nitrogens with zero attached hydrogens (tertiary/aromatic N) is 5. The van der Waals surface area contributed by atoms with Gasteiger partial charge in [0.15, 0.2) is 5.82 Å². The minimum absolute atomic E-state index is 0.146. The average molecular weight is 348 g/mol. The molecule has 0 saturated heterocycles. The van der Waals surface area contributed by atoms with E-state index in [1.807, 2.05) is 18.2 Å². The Bertz CT molecular complexity index is 1090. The van der Waals surface area contributed by atoms with Gasteiger partial charge in [-0.2, -0.15) is 0 Å². The molecule has 0 aliphatic heterocycles. The smallest absolute Gasteiger partial charge is 0.246 e. The lowest BCUT2D eigenvalue weighted by Crippen LogP contribution is -2.20. The van der Waals surface area contributed by atoms with E-state index in [0.29, 0.717) is 5.69 Å². The number of fused-ring (bicyclic) bond motifs is 1. The Hall–Kier alpha value is -3.68. The summed E-state index contributed by atoms with van der Waals surface area (Å²) in [5, 5.41) is 14.8. The van der Waals surface area contributed by atoms with E-state index in [9.17, 15) is 9.18 Å². The Morgan fingerprint density at radius 1 is 1.08 bits per heavy atom. The molecule has 1 amide bonds. The molecule has 0 radical (unpaired) electrons. The highest BCUT2D eigenvalue weighted by atomic mass is 19.1. The van der Waals surface area contributed by atoms with E-state index < -0.39 is 5.82 Å². The molecule has 26 heavy (non-hydrogen) atoms. The van der Waals surface area contributed by atoms with Crippen LogP contribution in [0.15, 0.2) is 60.8 Å². The number of carbonyl (C=O) groups excluding carboxylic acids is 1. The molecule has 2 heterocycles. The first kappa shape index (κ1) is 15.8. The van der Waals surface area contributed by atoms with Crippen LogP contribution in [0.1, 0.15) is 0 Å². The number of carbonyl (C=O) groups is 1. The molecule has 0 aliphatic rings. The zero-order valence-electron chi connectivity index (χ0n) is 13.5. The predicted octanol–water partition coefficient (Wildman–Crippen LogP) is 2.67. The summed E-state index contributed by atoms with van der Waals surface area (Å²) in [6.45, 7) is -0.146. The molecule has 0 atom stereocenters. The van der Waals surface area contributed by atoms with Crippen molar-refractivity contribution >= 4 is 22.5 Å². The number of aromatic nitrogens is 5. The molecular weight excluding hydrogens is 335 g/mol. The van der Waals surface area contributed by atoms with Crippen molar-refractivity contribution in [3.63, 3.8) is 0 Å². The summed E-state index contributed by atoms with van der Waals surface area (Å²) in [7, 11) is 0. The number of anilines is 1. The van der Waals surface area contributed by atoms with Crippen LogP contribution in [-0.2, 0) is 11.3 Å². The second-order valence-electron chi connectivity index (χ2n) is 5.56. The molecule has 0 spiro atoms. The zero-order valence-corrected chi connectivity index (χ0v) is 13.5. The molecule has 2 aromatic heterocycles. The van der Waals surface area contributed by atoms with Crippen molar-refractivity contribution in [1.29, 1.82) is 0 Å². The molecular formula is C18H13FN6O. The number of nitrogens with one attached hydrogen (secondary N) is 1. The summed E-state index contributed by atoms with van der Waals surface area (Å²) in [6.07, 6.45) is 1.69. The third-order valence-electron chi connectivity index (χ3n) is 3.86. The third-order valence-corrected chi connectivity index (χ3v) is 3.86. The van der Waals surface area contributed by atoms with Crippen LogP contribution < -0.4 is 5.32 Å². The maximum Gasteiger partial charge on any atom is 0.246 e. The first-order valence-electron chi connectivity index (χ1n) is 7.87. The Morgan fingerprint density at radius 2 is 1.96 bits per heavy atom. The van der Waals surface area contributed by atoms with Crippen molar-refractivity contribution in [2.75, 3.05) is 5.32 Å². The van der Waals surface area contributed by atoms with Gasteiger partial charge in [0.25, 0.3) is 0 Å². The molecule has 0 saturated carbocycles. The van der Waals surface area contributed by atoms with Crippen LogP contribution >= 0.6 is 0 Å². The van der Waals surface area contributed by atoms with Crippen molar-refractivity contribution in [3.05, 3.63) is 66.6 Å². The topological polar surface area (TPSA) is 85.6 Å². The highest BCUT2D eigenvalue weighted by Gasteiger charge is 2.16. The van der Waals surface area contributed by atoms with E-state index in [4.69, 9.17) is 0 Å². The van der Waals surface area contributed by atoms with Gasteiger partial charge in [0.1, 0.15) is 12.4 Å². The number of amides is 1. The molecule has 4 rings (SSSR count). The molecule has 2 aromatic carbocycles. The standard InChI is InChI=1S/C18H13FN6O/c19-14-7-2-1-5-12(14)18-22-23-24-25(18)11-17(26)21-16-9-3-8-15-13(16)6-4-10-20-15/h1-10H,11H2,(H,21,26). The Kier molecular flexibility index (Phi) is 4.06. The maximum absolute atomic E-state index is 14.0. The van der Waals surface area contributed by atoms with E-state index in [-0.39, 0.29) is 23.8 Å². The molecule has 7 nitrogen and oxygen atoms in total. The van der Waals surface area contributed by atoms with E-state index in [2.05, 4.69) is 25.8 Å². The van der Waals surface area contributed by atoms with Crippen LogP contribution in [0.2, 0.25) is 0 Å². The number of hydrogen-bond donors (Lipinski definition) is 1.